The summed E-state index contributed by atoms with van der Waals surface area (Å²) in [6, 6.07) is 0. The van der Waals surface area contributed by atoms with Gasteiger partial charge in [0, 0.05) is 13.7 Å². The number of hydrogen-bond acceptors (Lipinski definition) is 3. The Morgan fingerprint density at radius 1 is 1.45 bits per heavy atom. The van der Waals surface area contributed by atoms with E-state index in [0.717, 1.165) is 0 Å². The maximum atomic E-state index is 11.4. The lowest BCUT2D eigenvalue weighted by atomic mass is 10.5. The molecule has 0 aromatic heterocycles. The van der Waals surface area contributed by atoms with Crippen molar-refractivity contribution in [1.82, 2.24) is 0 Å². The summed E-state index contributed by atoms with van der Waals surface area (Å²) in [7, 11) is -5.00. The molecule has 0 aromatic carbocycles. The molecule has 0 aliphatic heterocycles. The van der Waals surface area contributed by atoms with Crippen LogP contribution in [0.15, 0.2) is 0 Å². The summed E-state index contributed by atoms with van der Waals surface area (Å²) in [6.45, 7) is -8.84. The highest BCUT2D eigenvalue weighted by molar-refractivity contribution is 7.47. The highest BCUT2D eigenvalue weighted by Gasteiger charge is 2.18. The minimum absolute atomic E-state index is 1.31. The van der Waals surface area contributed by atoms with Crippen LogP contribution in [-0.4, -0.2) is 18.1 Å². The third kappa shape index (κ3) is 6.51. The monoisotopic (exact) mass is 192 g/mol. The molecule has 0 aliphatic rings. The summed E-state index contributed by atoms with van der Waals surface area (Å²) in [4.78, 5) is 9.18. The quantitative estimate of drug-likeness (QED) is 0.653. The summed E-state index contributed by atoms with van der Waals surface area (Å²) in [5.74, 6) is 0. The van der Waals surface area contributed by atoms with Crippen molar-refractivity contribution in [2.45, 2.75) is 26.4 Å². The zero-order chi connectivity index (χ0) is 17.3. The van der Waals surface area contributed by atoms with E-state index < -0.39 is 47.5 Å². The Kier molecular flexibility index (Phi) is 1.46. The van der Waals surface area contributed by atoms with Crippen molar-refractivity contribution in [3.8, 4) is 0 Å². The van der Waals surface area contributed by atoms with Gasteiger partial charge < -0.3 is 4.89 Å². The lowest BCUT2D eigenvalue weighted by molar-refractivity contribution is 0.150. The molecule has 0 aliphatic carbocycles. The molecule has 0 saturated carbocycles. The molecule has 11 heavy (non-hydrogen) atoms. The van der Waals surface area contributed by atoms with E-state index in [1.807, 2.05) is 0 Å². The Bertz CT molecular complexity index is 367. The van der Waals surface area contributed by atoms with Gasteiger partial charge in [-0.2, -0.15) is 0 Å². The first-order chi connectivity index (χ1) is 8.91. The maximum absolute atomic E-state index is 11.4. The second-order valence-corrected chi connectivity index (χ2v) is 2.82. The smallest absolute Gasteiger partial charge is 0.302 e. The van der Waals surface area contributed by atoms with Gasteiger partial charge in [0.2, 0.25) is 0 Å². The van der Waals surface area contributed by atoms with Gasteiger partial charge in [-0.25, -0.2) is 4.57 Å². The van der Waals surface area contributed by atoms with Crippen LogP contribution < -0.4 is 0 Å². The van der Waals surface area contributed by atoms with Crippen LogP contribution in [0.5, 0.6) is 0 Å². The predicted molar refractivity (Wildman–Crippen MR) is 42.3 cm³/mol. The van der Waals surface area contributed by atoms with Crippen LogP contribution in [0.2, 0.25) is 0 Å². The van der Waals surface area contributed by atoms with Crippen molar-refractivity contribution >= 4 is 7.82 Å². The van der Waals surface area contributed by atoms with Crippen LogP contribution in [0.4, 0.5) is 0 Å². The molecular formula is C6H15O4P. The molecule has 1 N–H and O–H groups in total. The fourth-order valence-electron chi connectivity index (χ4n) is 0.265. The fourth-order valence-corrected chi connectivity index (χ4v) is 0.795. The van der Waals surface area contributed by atoms with E-state index in [4.69, 9.17) is 13.7 Å². The van der Waals surface area contributed by atoms with Gasteiger partial charge in [-0.15, -0.1) is 0 Å². The number of rotatable bonds is 6. The van der Waals surface area contributed by atoms with Crippen LogP contribution >= 0.6 is 7.82 Å². The van der Waals surface area contributed by atoms with Crippen molar-refractivity contribution in [3.63, 3.8) is 0 Å². The zero-order valence-electron chi connectivity index (χ0n) is 15.5. The van der Waals surface area contributed by atoms with Crippen LogP contribution in [0, 0.1) is 0 Å². The lowest BCUT2D eigenvalue weighted by Crippen LogP contribution is -1.96. The third-order valence-corrected chi connectivity index (χ3v) is 1.51. The highest BCUT2D eigenvalue weighted by Crippen LogP contribution is 2.43. The van der Waals surface area contributed by atoms with Crippen LogP contribution in [-0.2, 0) is 13.6 Å². The molecule has 0 bridgehead atoms. The molecule has 0 spiro atoms. The highest BCUT2D eigenvalue weighted by atomic mass is 31.2. The van der Waals surface area contributed by atoms with Gasteiger partial charge in [0.25, 0.3) is 0 Å². The van der Waals surface area contributed by atoms with Gasteiger partial charge in [-0.05, 0) is 12.7 Å². The Balaban J connectivity index is 4.65. The molecular weight excluding hydrogens is 167 g/mol. The molecule has 0 radical (unpaired) electrons. The zero-order valence-corrected chi connectivity index (χ0v) is 6.43. The standard InChI is InChI=1S/C6H15O4P/c1-3-5-9-11(7,8)10-6-4-2/h3-6H2,1-2H3,(H,7,8)/i1D3,2D3,3D2,4D2. The number of hydrogen-bond donors (Lipinski definition) is 1. The van der Waals surface area contributed by atoms with Gasteiger partial charge in [-0.1, -0.05) is 13.7 Å². The topological polar surface area (TPSA) is 55.8 Å². The number of phosphoric ester groups is 1. The molecule has 0 aromatic rings. The average molecular weight is 192 g/mol. The molecule has 0 heterocycles. The Morgan fingerprint density at radius 2 is 1.91 bits per heavy atom. The summed E-state index contributed by atoms with van der Waals surface area (Å²) in [5.41, 5.74) is 0. The van der Waals surface area contributed by atoms with Gasteiger partial charge in [0.1, 0.15) is 0 Å². The van der Waals surface area contributed by atoms with E-state index in [9.17, 15) is 9.46 Å². The Hall–Kier alpha value is 0.110. The van der Waals surface area contributed by atoms with Gasteiger partial charge >= 0.3 is 7.82 Å². The third-order valence-electron chi connectivity index (χ3n) is 0.600. The van der Waals surface area contributed by atoms with Crippen molar-refractivity contribution in [2.75, 3.05) is 13.2 Å². The van der Waals surface area contributed by atoms with E-state index in [1.165, 1.54) is 0 Å². The normalized spacial score (nSPS) is 30.3. The fraction of sp³-hybridized carbons (Fsp3) is 1.00. The molecule has 0 rings (SSSR count). The summed E-state index contributed by atoms with van der Waals surface area (Å²) in [5, 5.41) is 0. The van der Waals surface area contributed by atoms with E-state index in [-0.39, 0.29) is 0 Å². The largest absolute Gasteiger partial charge is 0.472 e. The number of phosphoric acid groups is 1. The van der Waals surface area contributed by atoms with E-state index in [0.29, 0.717) is 0 Å². The van der Waals surface area contributed by atoms with Crippen molar-refractivity contribution < 1.29 is 32.2 Å². The average Bonchev–Trinajstić information content (AvgIpc) is 2.21. The second-order valence-electron chi connectivity index (χ2n) is 1.37. The molecule has 0 atom stereocenters. The predicted octanol–water partition coefficient (Wildman–Crippen LogP) is 1.94. The van der Waals surface area contributed by atoms with Gasteiger partial charge in [0.15, 0.2) is 0 Å². The first-order valence-electron chi connectivity index (χ1n) is 7.53. The molecule has 5 heteroatoms. The lowest BCUT2D eigenvalue weighted by Gasteiger charge is -2.09. The minimum Gasteiger partial charge on any atom is -0.302 e. The Morgan fingerprint density at radius 3 is 2.27 bits per heavy atom. The van der Waals surface area contributed by atoms with E-state index >= 15 is 0 Å². The second kappa shape index (κ2) is 5.72. The van der Waals surface area contributed by atoms with Gasteiger partial charge in [-0.3, -0.25) is 9.05 Å². The van der Waals surface area contributed by atoms with Crippen LogP contribution in [0.25, 0.3) is 0 Å². The van der Waals surface area contributed by atoms with Crippen molar-refractivity contribution in [2.24, 2.45) is 0 Å². The summed E-state index contributed by atoms with van der Waals surface area (Å²) in [6.07, 6.45) is -5.87. The van der Waals surface area contributed by atoms with Crippen LogP contribution in [0.3, 0.4) is 0 Å². The first kappa shape index (κ1) is 2.81. The SMILES string of the molecule is [2H]C([2H])([2H])C([2H])([2H])COP(=O)(O)OCC([2H])([2H])C([2H])([2H])[2H]. The van der Waals surface area contributed by atoms with E-state index in [2.05, 4.69) is 9.05 Å². The molecule has 68 valence electrons. The van der Waals surface area contributed by atoms with E-state index in [1.54, 1.807) is 0 Å². The Labute approximate surface area is 81.2 Å². The minimum atomic E-state index is -5.00. The molecule has 4 nitrogen and oxygen atoms in total. The maximum Gasteiger partial charge on any atom is 0.472 e. The van der Waals surface area contributed by atoms with Crippen molar-refractivity contribution in [3.05, 3.63) is 0 Å². The summed E-state index contributed by atoms with van der Waals surface area (Å²) >= 11 is 0. The molecule has 0 amide bonds. The first-order valence-corrected chi connectivity index (χ1v) is 4.03. The summed E-state index contributed by atoms with van der Waals surface area (Å²) < 4.78 is 89.3. The van der Waals surface area contributed by atoms with Gasteiger partial charge in [0.05, 0.1) is 13.2 Å². The molecule has 0 fully saturated rings. The van der Waals surface area contributed by atoms with Crippen molar-refractivity contribution in [1.29, 1.82) is 0 Å². The molecule has 0 unspecified atom stereocenters. The molecule has 0 saturated heterocycles. The van der Waals surface area contributed by atoms with Crippen LogP contribution in [0.1, 0.15) is 40.2 Å².